The average molecular weight is 269 g/mol. The number of hydrogen-bond acceptors (Lipinski definition) is 3. The van der Waals surface area contributed by atoms with Crippen LogP contribution in [0.5, 0.6) is 0 Å². The zero-order chi connectivity index (χ0) is 13.2. The first-order chi connectivity index (χ1) is 9.29. The van der Waals surface area contributed by atoms with Gasteiger partial charge in [0.1, 0.15) is 0 Å². The lowest BCUT2D eigenvalue weighted by Gasteiger charge is -2.22. The van der Waals surface area contributed by atoms with Gasteiger partial charge in [-0.05, 0) is 30.7 Å². The summed E-state index contributed by atoms with van der Waals surface area (Å²) in [6.45, 7) is 2.03. The van der Waals surface area contributed by atoms with Gasteiger partial charge in [0.2, 0.25) is 0 Å². The van der Waals surface area contributed by atoms with Gasteiger partial charge < -0.3 is 5.32 Å². The molecule has 0 aromatic heterocycles. The summed E-state index contributed by atoms with van der Waals surface area (Å²) >= 11 is 1.72. The maximum atomic E-state index is 12.2. The number of anilines is 2. The summed E-state index contributed by atoms with van der Waals surface area (Å²) in [5, 5.41) is 3.41. The van der Waals surface area contributed by atoms with E-state index >= 15 is 0 Å². The molecule has 19 heavy (non-hydrogen) atoms. The van der Waals surface area contributed by atoms with E-state index in [4.69, 9.17) is 0 Å². The van der Waals surface area contributed by atoms with E-state index < -0.39 is 0 Å². The van der Waals surface area contributed by atoms with Gasteiger partial charge >= 0.3 is 0 Å². The molecule has 0 amide bonds. The SMILES string of the molecule is CCCC(=O)c1cccc2c1Nc1ccccc1S2. The van der Waals surface area contributed by atoms with Crippen molar-refractivity contribution < 1.29 is 4.79 Å². The zero-order valence-corrected chi connectivity index (χ0v) is 11.6. The number of para-hydroxylation sites is 2. The molecular formula is C16H15NOS. The number of rotatable bonds is 3. The minimum Gasteiger partial charge on any atom is -0.353 e. The van der Waals surface area contributed by atoms with E-state index in [9.17, 15) is 4.79 Å². The average Bonchev–Trinajstić information content (AvgIpc) is 2.44. The highest BCUT2D eigenvalue weighted by Crippen LogP contribution is 2.45. The highest BCUT2D eigenvalue weighted by atomic mass is 32.2. The molecule has 0 atom stereocenters. The Kier molecular flexibility index (Phi) is 3.30. The van der Waals surface area contributed by atoms with Crippen molar-refractivity contribution in [2.75, 3.05) is 5.32 Å². The molecule has 2 aromatic carbocycles. The van der Waals surface area contributed by atoms with Crippen molar-refractivity contribution in [3.05, 3.63) is 48.0 Å². The molecule has 1 aliphatic rings. The maximum absolute atomic E-state index is 12.2. The number of fused-ring (bicyclic) bond motifs is 2. The molecule has 2 nitrogen and oxygen atoms in total. The quantitative estimate of drug-likeness (QED) is 0.687. The molecule has 0 fully saturated rings. The molecule has 3 rings (SSSR count). The summed E-state index contributed by atoms with van der Waals surface area (Å²) in [5.74, 6) is 0.215. The molecule has 0 aliphatic carbocycles. The summed E-state index contributed by atoms with van der Waals surface area (Å²) in [7, 11) is 0. The van der Waals surface area contributed by atoms with E-state index in [1.165, 1.54) is 4.90 Å². The molecule has 96 valence electrons. The van der Waals surface area contributed by atoms with Crippen molar-refractivity contribution >= 4 is 28.9 Å². The molecule has 1 heterocycles. The summed E-state index contributed by atoms with van der Waals surface area (Å²) < 4.78 is 0. The van der Waals surface area contributed by atoms with Gasteiger partial charge in [-0.3, -0.25) is 4.79 Å². The minimum atomic E-state index is 0.215. The van der Waals surface area contributed by atoms with E-state index in [0.29, 0.717) is 6.42 Å². The van der Waals surface area contributed by atoms with Crippen LogP contribution < -0.4 is 5.32 Å². The molecule has 0 unspecified atom stereocenters. The highest BCUT2D eigenvalue weighted by molar-refractivity contribution is 7.99. The lowest BCUT2D eigenvalue weighted by Crippen LogP contribution is -2.07. The Morgan fingerprint density at radius 3 is 2.74 bits per heavy atom. The number of benzene rings is 2. The van der Waals surface area contributed by atoms with Gasteiger partial charge in [-0.2, -0.15) is 0 Å². The standard InChI is InChI=1S/C16H15NOS/c1-2-6-13(18)11-7-5-10-15-16(11)17-12-8-3-4-9-14(12)19-15/h3-5,7-10,17H,2,6H2,1H3. The molecule has 0 radical (unpaired) electrons. The first-order valence-electron chi connectivity index (χ1n) is 6.49. The van der Waals surface area contributed by atoms with Gasteiger partial charge in [-0.15, -0.1) is 0 Å². The Morgan fingerprint density at radius 1 is 1.11 bits per heavy atom. The van der Waals surface area contributed by atoms with Crippen molar-refractivity contribution in [3.63, 3.8) is 0 Å². The molecule has 1 aliphatic heterocycles. The minimum absolute atomic E-state index is 0.215. The number of carbonyl (C=O) groups excluding carboxylic acids is 1. The fourth-order valence-electron chi connectivity index (χ4n) is 2.25. The van der Waals surface area contributed by atoms with Gasteiger partial charge in [0.05, 0.1) is 11.4 Å². The maximum Gasteiger partial charge on any atom is 0.164 e. The molecule has 0 saturated carbocycles. The number of nitrogens with one attached hydrogen (secondary N) is 1. The van der Waals surface area contributed by atoms with Gasteiger partial charge in [0.25, 0.3) is 0 Å². The van der Waals surface area contributed by atoms with Crippen molar-refractivity contribution in [1.82, 2.24) is 0 Å². The normalized spacial score (nSPS) is 12.3. The number of Topliss-reactive ketones (excluding diaryl/α,β-unsaturated/α-hetero) is 1. The summed E-state index contributed by atoms with van der Waals surface area (Å²) in [5.41, 5.74) is 2.85. The van der Waals surface area contributed by atoms with Gasteiger partial charge in [0.15, 0.2) is 5.78 Å². The van der Waals surface area contributed by atoms with Crippen LogP contribution in [0.15, 0.2) is 52.3 Å². The number of carbonyl (C=O) groups is 1. The fourth-order valence-corrected chi connectivity index (χ4v) is 3.27. The number of ketones is 1. The van der Waals surface area contributed by atoms with Crippen LogP contribution in [-0.4, -0.2) is 5.78 Å². The van der Waals surface area contributed by atoms with Crippen LogP contribution in [0.25, 0.3) is 0 Å². The van der Waals surface area contributed by atoms with Crippen LogP contribution in [0.2, 0.25) is 0 Å². The lowest BCUT2D eigenvalue weighted by atomic mass is 10.0. The monoisotopic (exact) mass is 269 g/mol. The lowest BCUT2D eigenvalue weighted by molar-refractivity contribution is 0.0982. The molecule has 2 aromatic rings. The van der Waals surface area contributed by atoms with Crippen LogP contribution >= 0.6 is 11.8 Å². The first-order valence-corrected chi connectivity index (χ1v) is 7.31. The van der Waals surface area contributed by atoms with Crippen molar-refractivity contribution in [1.29, 1.82) is 0 Å². The van der Waals surface area contributed by atoms with Gasteiger partial charge in [-0.25, -0.2) is 0 Å². The van der Waals surface area contributed by atoms with Crippen molar-refractivity contribution in [3.8, 4) is 0 Å². The van der Waals surface area contributed by atoms with E-state index in [0.717, 1.165) is 28.3 Å². The van der Waals surface area contributed by atoms with E-state index in [-0.39, 0.29) is 5.78 Å². The summed E-state index contributed by atoms with van der Waals surface area (Å²) in [6, 6.07) is 14.1. The van der Waals surface area contributed by atoms with Crippen LogP contribution in [0.4, 0.5) is 11.4 Å². The Balaban J connectivity index is 2.03. The Hall–Kier alpha value is -1.74. The third-order valence-electron chi connectivity index (χ3n) is 3.17. The Labute approximate surface area is 117 Å². The smallest absolute Gasteiger partial charge is 0.164 e. The molecule has 3 heteroatoms. The van der Waals surface area contributed by atoms with E-state index in [2.05, 4.69) is 17.4 Å². The van der Waals surface area contributed by atoms with Crippen LogP contribution in [-0.2, 0) is 0 Å². The second kappa shape index (κ2) is 5.10. The van der Waals surface area contributed by atoms with Crippen molar-refractivity contribution in [2.45, 2.75) is 29.6 Å². The van der Waals surface area contributed by atoms with E-state index in [1.54, 1.807) is 11.8 Å². The Bertz CT molecular complexity index is 636. The molecule has 1 N–H and O–H groups in total. The fraction of sp³-hybridized carbons (Fsp3) is 0.188. The largest absolute Gasteiger partial charge is 0.353 e. The van der Waals surface area contributed by atoms with Gasteiger partial charge in [0, 0.05) is 21.8 Å². The van der Waals surface area contributed by atoms with Crippen LogP contribution in [0, 0.1) is 0 Å². The molecular weight excluding hydrogens is 254 g/mol. The van der Waals surface area contributed by atoms with Crippen LogP contribution in [0.3, 0.4) is 0 Å². The predicted octanol–water partition coefficient (Wildman–Crippen LogP) is 4.88. The summed E-state index contributed by atoms with van der Waals surface area (Å²) in [4.78, 5) is 14.5. The third-order valence-corrected chi connectivity index (χ3v) is 4.31. The topological polar surface area (TPSA) is 29.1 Å². The van der Waals surface area contributed by atoms with Gasteiger partial charge in [-0.1, -0.05) is 36.9 Å². The van der Waals surface area contributed by atoms with Crippen molar-refractivity contribution in [2.24, 2.45) is 0 Å². The zero-order valence-electron chi connectivity index (χ0n) is 10.8. The molecule has 0 spiro atoms. The Morgan fingerprint density at radius 2 is 1.89 bits per heavy atom. The summed E-state index contributed by atoms with van der Waals surface area (Å²) in [6.07, 6.45) is 1.48. The number of hydrogen-bond donors (Lipinski definition) is 1. The molecule has 0 saturated heterocycles. The van der Waals surface area contributed by atoms with E-state index in [1.807, 2.05) is 37.3 Å². The first kappa shape index (κ1) is 12.3. The van der Waals surface area contributed by atoms with Crippen LogP contribution in [0.1, 0.15) is 30.1 Å². The second-order valence-corrected chi connectivity index (χ2v) is 5.66. The highest BCUT2D eigenvalue weighted by Gasteiger charge is 2.20. The second-order valence-electron chi connectivity index (χ2n) is 4.58. The third kappa shape index (κ3) is 2.26. The predicted molar refractivity (Wildman–Crippen MR) is 79.5 cm³/mol. The molecule has 0 bridgehead atoms.